The number of nitrogens with zero attached hydrogens (tertiary/aromatic N) is 2. The van der Waals surface area contributed by atoms with Gasteiger partial charge >= 0.3 is 0 Å². The predicted molar refractivity (Wildman–Crippen MR) is 65.7 cm³/mol. The van der Waals surface area contributed by atoms with E-state index in [1.807, 2.05) is 0 Å². The van der Waals surface area contributed by atoms with Gasteiger partial charge in [-0.05, 0) is 19.1 Å². The summed E-state index contributed by atoms with van der Waals surface area (Å²) in [6.07, 6.45) is 6.98. The van der Waals surface area contributed by atoms with Crippen molar-refractivity contribution in [1.29, 1.82) is 0 Å². The second kappa shape index (κ2) is 4.73. The number of aliphatic hydroxyl groups excluding tert-OH is 1. The molecule has 0 radical (unpaired) electrons. The Hall–Kier alpha value is -1.95. The first-order valence-electron chi connectivity index (χ1n) is 5.73. The number of hydrogen-bond acceptors (Lipinski definition) is 4. The van der Waals surface area contributed by atoms with E-state index in [-0.39, 0.29) is 31.4 Å². The summed E-state index contributed by atoms with van der Waals surface area (Å²) >= 11 is 0. The van der Waals surface area contributed by atoms with Gasteiger partial charge in [-0.25, -0.2) is 0 Å². The molecule has 2 aliphatic heterocycles. The Bertz CT molecular complexity index is 467. The van der Waals surface area contributed by atoms with Crippen LogP contribution in [0.5, 0.6) is 0 Å². The Balaban J connectivity index is 2.29. The Labute approximate surface area is 105 Å². The molecule has 0 aromatic carbocycles. The van der Waals surface area contributed by atoms with Gasteiger partial charge in [-0.3, -0.25) is 9.59 Å². The number of carbonyl (C=O) groups is 2. The van der Waals surface area contributed by atoms with Crippen molar-refractivity contribution < 1.29 is 14.7 Å². The van der Waals surface area contributed by atoms with Crippen LogP contribution in [0.3, 0.4) is 0 Å². The minimum atomic E-state index is -0.995. The average molecular weight is 249 g/mol. The standard InChI is InChI=1S/C12H15N3O3/c1-12(11(18)13-5-7-16)8-10(17)14-9-4-2-3-6-15(9)12/h2-4,6,16H,5,7-8H2,1H3,(H,13,18). The van der Waals surface area contributed by atoms with Gasteiger partial charge in [0.2, 0.25) is 5.91 Å². The molecule has 0 aromatic heterocycles. The second-order valence-corrected chi connectivity index (χ2v) is 4.36. The number of fused-ring (bicyclic) bond motifs is 1. The molecule has 0 saturated carbocycles. The highest BCUT2D eigenvalue weighted by Crippen LogP contribution is 2.27. The normalized spacial score (nSPS) is 25.8. The van der Waals surface area contributed by atoms with Crippen molar-refractivity contribution in [2.24, 2.45) is 4.99 Å². The summed E-state index contributed by atoms with van der Waals surface area (Å²) in [7, 11) is 0. The molecule has 96 valence electrons. The first kappa shape index (κ1) is 12.5. The van der Waals surface area contributed by atoms with Crippen LogP contribution in [-0.2, 0) is 9.59 Å². The molecule has 2 amide bonds. The third-order valence-electron chi connectivity index (χ3n) is 2.99. The van der Waals surface area contributed by atoms with Crippen LogP contribution in [0.4, 0.5) is 0 Å². The SMILES string of the molecule is CC1(C(=O)NCCO)CC(=O)N=C2C=CC=CN21. The van der Waals surface area contributed by atoms with E-state index in [1.54, 1.807) is 36.3 Å². The number of amides is 2. The number of rotatable bonds is 3. The Morgan fingerprint density at radius 1 is 1.61 bits per heavy atom. The Morgan fingerprint density at radius 3 is 3.11 bits per heavy atom. The van der Waals surface area contributed by atoms with E-state index in [9.17, 15) is 9.59 Å². The van der Waals surface area contributed by atoms with E-state index in [0.29, 0.717) is 5.84 Å². The molecule has 0 spiro atoms. The monoisotopic (exact) mass is 249 g/mol. The van der Waals surface area contributed by atoms with E-state index in [2.05, 4.69) is 10.3 Å². The van der Waals surface area contributed by atoms with Gasteiger partial charge in [0.1, 0.15) is 11.4 Å². The quantitative estimate of drug-likeness (QED) is 0.711. The van der Waals surface area contributed by atoms with Crippen molar-refractivity contribution in [3.05, 3.63) is 24.4 Å². The number of allylic oxidation sites excluding steroid dienone is 2. The zero-order chi connectivity index (χ0) is 13.2. The van der Waals surface area contributed by atoms with Crippen molar-refractivity contribution in [3.8, 4) is 0 Å². The molecule has 0 saturated heterocycles. The van der Waals surface area contributed by atoms with Crippen molar-refractivity contribution >= 4 is 17.6 Å². The number of aliphatic imine (C=N–C) groups is 1. The van der Waals surface area contributed by atoms with Gasteiger partial charge in [0.05, 0.1) is 13.0 Å². The van der Waals surface area contributed by atoms with E-state index in [0.717, 1.165) is 0 Å². The van der Waals surface area contributed by atoms with Gasteiger partial charge < -0.3 is 15.3 Å². The van der Waals surface area contributed by atoms with Crippen LogP contribution in [0.15, 0.2) is 29.4 Å². The maximum absolute atomic E-state index is 12.2. The summed E-state index contributed by atoms with van der Waals surface area (Å²) in [6, 6.07) is 0. The minimum absolute atomic E-state index is 0.0198. The lowest BCUT2D eigenvalue weighted by Crippen LogP contribution is -2.60. The number of amidine groups is 1. The molecule has 2 heterocycles. The van der Waals surface area contributed by atoms with E-state index in [1.165, 1.54) is 0 Å². The fourth-order valence-electron chi connectivity index (χ4n) is 2.04. The van der Waals surface area contributed by atoms with Crippen LogP contribution >= 0.6 is 0 Å². The summed E-state index contributed by atoms with van der Waals surface area (Å²) in [6.45, 7) is 1.73. The summed E-state index contributed by atoms with van der Waals surface area (Å²) < 4.78 is 0. The fourth-order valence-corrected chi connectivity index (χ4v) is 2.04. The minimum Gasteiger partial charge on any atom is -0.395 e. The first-order valence-corrected chi connectivity index (χ1v) is 5.73. The highest BCUT2D eigenvalue weighted by molar-refractivity contribution is 6.09. The van der Waals surface area contributed by atoms with Gasteiger partial charge in [-0.2, -0.15) is 4.99 Å². The Kier molecular flexibility index (Phi) is 3.29. The summed E-state index contributed by atoms with van der Waals surface area (Å²) in [5.74, 6) is -0.143. The largest absolute Gasteiger partial charge is 0.395 e. The average Bonchev–Trinajstić information content (AvgIpc) is 2.35. The molecule has 6 nitrogen and oxygen atoms in total. The lowest BCUT2D eigenvalue weighted by Gasteiger charge is -2.41. The molecule has 1 atom stereocenters. The lowest BCUT2D eigenvalue weighted by molar-refractivity contribution is -0.134. The third kappa shape index (κ3) is 2.06. The van der Waals surface area contributed by atoms with Gasteiger partial charge in [0.25, 0.3) is 5.91 Å². The summed E-state index contributed by atoms with van der Waals surface area (Å²) in [5, 5.41) is 11.3. The second-order valence-electron chi connectivity index (χ2n) is 4.36. The highest BCUT2D eigenvalue weighted by atomic mass is 16.3. The highest BCUT2D eigenvalue weighted by Gasteiger charge is 2.44. The van der Waals surface area contributed by atoms with Crippen molar-refractivity contribution in [1.82, 2.24) is 10.2 Å². The van der Waals surface area contributed by atoms with Crippen LogP contribution in [0, 0.1) is 0 Å². The van der Waals surface area contributed by atoms with Crippen LogP contribution in [0.1, 0.15) is 13.3 Å². The molecule has 6 heteroatoms. The molecule has 2 N–H and O–H groups in total. The van der Waals surface area contributed by atoms with Crippen LogP contribution in [-0.4, -0.2) is 46.3 Å². The molecule has 18 heavy (non-hydrogen) atoms. The molecule has 2 aliphatic rings. The van der Waals surface area contributed by atoms with Crippen molar-refractivity contribution in [2.75, 3.05) is 13.2 Å². The molecule has 1 unspecified atom stereocenters. The van der Waals surface area contributed by atoms with Gasteiger partial charge in [-0.15, -0.1) is 0 Å². The predicted octanol–water partition coefficient (Wildman–Crippen LogP) is -0.432. The molecule has 2 rings (SSSR count). The van der Waals surface area contributed by atoms with Crippen LogP contribution in [0.25, 0.3) is 0 Å². The van der Waals surface area contributed by atoms with E-state index in [4.69, 9.17) is 5.11 Å². The van der Waals surface area contributed by atoms with E-state index >= 15 is 0 Å². The van der Waals surface area contributed by atoms with Gasteiger partial charge in [0.15, 0.2) is 0 Å². The van der Waals surface area contributed by atoms with Crippen molar-refractivity contribution in [3.63, 3.8) is 0 Å². The number of hydrogen-bond donors (Lipinski definition) is 2. The zero-order valence-corrected chi connectivity index (χ0v) is 10.1. The number of carbonyl (C=O) groups excluding carboxylic acids is 2. The van der Waals surface area contributed by atoms with Crippen LogP contribution in [0.2, 0.25) is 0 Å². The fraction of sp³-hybridized carbons (Fsp3) is 0.417. The summed E-state index contributed by atoms with van der Waals surface area (Å²) in [4.78, 5) is 29.3. The zero-order valence-electron chi connectivity index (χ0n) is 10.1. The number of aliphatic hydroxyl groups is 1. The molecular weight excluding hydrogens is 234 g/mol. The van der Waals surface area contributed by atoms with Crippen molar-refractivity contribution in [2.45, 2.75) is 18.9 Å². The maximum atomic E-state index is 12.2. The molecule has 0 bridgehead atoms. The molecule has 0 fully saturated rings. The maximum Gasteiger partial charge on any atom is 0.250 e. The number of nitrogens with one attached hydrogen (secondary N) is 1. The van der Waals surface area contributed by atoms with Gasteiger partial charge in [-0.1, -0.05) is 6.08 Å². The first-order chi connectivity index (χ1) is 8.58. The van der Waals surface area contributed by atoms with Gasteiger partial charge in [0, 0.05) is 12.7 Å². The third-order valence-corrected chi connectivity index (χ3v) is 2.99. The molecule has 0 aromatic rings. The van der Waals surface area contributed by atoms with E-state index < -0.39 is 5.54 Å². The summed E-state index contributed by atoms with van der Waals surface area (Å²) in [5.41, 5.74) is -0.995. The lowest BCUT2D eigenvalue weighted by atomic mass is 9.91. The Morgan fingerprint density at radius 2 is 2.39 bits per heavy atom. The van der Waals surface area contributed by atoms with Crippen LogP contribution < -0.4 is 5.32 Å². The topological polar surface area (TPSA) is 82.0 Å². The molecular formula is C12H15N3O3. The smallest absolute Gasteiger partial charge is 0.250 e. The molecule has 0 aliphatic carbocycles.